The van der Waals surface area contributed by atoms with Crippen LogP contribution in [0.5, 0.6) is 0 Å². The molecule has 2 amide bonds. The second-order valence-electron chi connectivity index (χ2n) is 8.18. The van der Waals surface area contributed by atoms with Crippen molar-refractivity contribution in [2.24, 2.45) is 0 Å². The molecule has 154 valence electrons. The summed E-state index contributed by atoms with van der Waals surface area (Å²) in [6, 6.07) is 3.56. The van der Waals surface area contributed by atoms with E-state index in [0.29, 0.717) is 13.1 Å². The van der Waals surface area contributed by atoms with Gasteiger partial charge in [-0.15, -0.1) is 0 Å². The first kappa shape index (κ1) is 20.4. The van der Waals surface area contributed by atoms with E-state index in [0.717, 1.165) is 29.1 Å². The molecule has 2 N–H and O–H groups in total. The van der Waals surface area contributed by atoms with E-state index in [1.807, 2.05) is 0 Å². The van der Waals surface area contributed by atoms with Crippen LogP contribution < -0.4 is 15.1 Å². The van der Waals surface area contributed by atoms with Gasteiger partial charge in [-0.2, -0.15) is 0 Å². The molecule has 0 spiro atoms. The van der Waals surface area contributed by atoms with Gasteiger partial charge in [-0.05, 0) is 19.0 Å². The summed E-state index contributed by atoms with van der Waals surface area (Å²) < 4.78 is 34.7. The minimum absolute atomic E-state index is 0.00199. The normalized spacial score (nSPS) is 22.8. The first-order chi connectivity index (χ1) is 13.1. The average Bonchev–Trinajstić information content (AvgIpc) is 2.97. The van der Waals surface area contributed by atoms with Crippen LogP contribution in [0.15, 0.2) is 12.1 Å². The Morgan fingerprint density at radius 3 is 2.39 bits per heavy atom. The molecule has 0 radical (unpaired) electrons. The van der Waals surface area contributed by atoms with Gasteiger partial charge in [0.25, 0.3) is 0 Å². The van der Waals surface area contributed by atoms with E-state index in [4.69, 9.17) is 9.84 Å². The predicted molar refractivity (Wildman–Crippen MR) is 104 cm³/mol. The Morgan fingerprint density at radius 1 is 1.29 bits per heavy atom. The molecule has 3 rings (SSSR count). The number of ether oxygens (including phenoxy) is 1. The number of nitrogens with one attached hydrogen (secondary N) is 1. The van der Waals surface area contributed by atoms with Gasteiger partial charge in [0.1, 0.15) is 11.8 Å². The zero-order chi connectivity index (χ0) is 20.6. The Balaban J connectivity index is 1.77. The van der Waals surface area contributed by atoms with Gasteiger partial charge < -0.3 is 20.1 Å². The van der Waals surface area contributed by atoms with Crippen LogP contribution in [0.25, 0.3) is 0 Å². The number of amides is 2. The molecular formula is C18H25F2N3O4Si. The van der Waals surface area contributed by atoms with E-state index in [1.165, 1.54) is 0 Å². The van der Waals surface area contributed by atoms with Crippen molar-refractivity contribution in [3.05, 3.63) is 23.8 Å². The fourth-order valence-electron chi connectivity index (χ4n) is 3.59. The first-order valence-corrected chi connectivity index (χ1v) is 12.7. The lowest BCUT2D eigenvalue weighted by Gasteiger charge is -2.37. The molecule has 0 saturated carbocycles. The van der Waals surface area contributed by atoms with E-state index < -0.39 is 44.0 Å². The molecule has 0 bridgehead atoms. The maximum Gasteiger partial charge on any atom is 0.414 e. The van der Waals surface area contributed by atoms with Crippen molar-refractivity contribution in [1.29, 1.82) is 0 Å². The van der Waals surface area contributed by atoms with Gasteiger partial charge in [0.15, 0.2) is 11.6 Å². The number of hydrogen-bond acceptors (Lipinski definition) is 4. The number of anilines is 2. The molecule has 10 heteroatoms. The first-order valence-electron chi connectivity index (χ1n) is 9.29. The smallest absolute Gasteiger partial charge is 0.414 e. The van der Waals surface area contributed by atoms with Crippen molar-refractivity contribution >= 4 is 31.6 Å². The van der Waals surface area contributed by atoms with E-state index in [-0.39, 0.29) is 17.9 Å². The summed E-state index contributed by atoms with van der Waals surface area (Å²) in [5.74, 6) is -1.44. The van der Waals surface area contributed by atoms with Crippen molar-refractivity contribution in [3.8, 4) is 0 Å². The largest absolute Gasteiger partial charge is 0.465 e. The molecule has 2 fully saturated rings. The minimum atomic E-state index is -1.28. The molecule has 0 aromatic heterocycles. The summed E-state index contributed by atoms with van der Waals surface area (Å²) in [4.78, 5) is 25.7. The van der Waals surface area contributed by atoms with E-state index in [9.17, 15) is 18.4 Å². The molecule has 2 atom stereocenters. The van der Waals surface area contributed by atoms with Crippen LogP contribution in [-0.2, 0) is 4.74 Å². The summed E-state index contributed by atoms with van der Waals surface area (Å²) >= 11 is 0. The lowest BCUT2D eigenvalue weighted by atomic mass is 10.1. The van der Waals surface area contributed by atoms with Crippen LogP contribution in [0.3, 0.4) is 0 Å². The number of benzene rings is 1. The number of carbonyl (C=O) groups is 2. The number of rotatable bonds is 4. The van der Waals surface area contributed by atoms with Crippen LogP contribution in [0, 0.1) is 11.6 Å². The highest BCUT2D eigenvalue weighted by Gasteiger charge is 2.37. The third-order valence-corrected chi connectivity index (χ3v) is 8.64. The monoisotopic (exact) mass is 413 g/mol. The van der Waals surface area contributed by atoms with Crippen LogP contribution >= 0.6 is 0 Å². The molecule has 1 aromatic carbocycles. The molecular weight excluding hydrogens is 388 g/mol. The Labute approximate surface area is 163 Å². The summed E-state index contributed by atoms with van der Waals surface area (Å²) in [7, 11) is -1.28. The van der Waals surface area contributed by atoms with Crippen molar-refractivity contribution < 1.29 is 28.2 Å². The predicted octanol–water partition coefficient (Wildman–Crippen LogP) is 3.47. The lowest BCUT2D eigenvalue weighted by molar-refractivity contribution is 0.117. The maximum atomic E-state index is 14.8. The third-order valence-electron chi connectivity index (χ3n) is 5.49. The molecule has 2 heterocycles. The van der Waals surface area contributed by atoms with Crippen molar-refractivity contribution in [2.45, 2.75) is 44.3 Å². The number of nitrogens with zero attached hydrogens (tertiary/aromatic N) is 2. The van der Waals surface area contributed by atoms with E-state index in [1.54, 1.807) is 11.8 Å². The van der Waals surface area contributed by atoms with Crippen LogP contribution in [0.2, 0.25) is 25.2 Å². The SMILES string of the molecule is CC(NC(=O)O)C1CN(c2cc(F)c(N3CC[Si](C)(C)CC3)c(F)c2)C(=O)O1. The van der Waals surface area contributed by atoms with Crippen molar-refractivity contribution in [3.63, 3.8) is 0 Å². The second kappa shape index (κ2) is 7.57. The van der Waals surface area contributed by atoms with Crippen molar-refractivity contribution in [2.75, 3.05) is 29.4 Å². The third kappa shape index (κ3) is 4.21. The van der Waals surface area contributed by atoms with Crippen LogP contribution in [0.4, 0.5) is 29.7 Å². The Morgan fingerprint density at radius 2 is 1.86 bits per heavy atom. The summed E-state index contributed by atoms with van der Waals surface area (Å²) in [6.45, 7) is 7.35. The van der Waals surface area contributed by atoms with Gasteiger partial charge in [-0.25, -0.2) is 18.4 Å². The molecule has 2 unspecified atom stereocenters. The van der Waals surface area contributed by atoms with Crippen LogP contribution in [-0.4, -0.2) is 57.1 Å². The zero-order valence-corrected chi connectivity index (χ0v) is 17.2. The fraction of sp³-hybridized carbons (Fsp3) is 0.556. The number of hydrogen-bond donors (Lipinski definition) is 2. The highest BCUT2D eigenvalue weighted by atomic mass is 28.3. The van der Waals surface area contributed by atoms with Gasteiger partial charge in [0, 0.05) is 25.2 Å². The highest BCUT2D eigenvalue weighted by Crippen LogP contribution is 2.34. The number of carboxylic acid groups (broad SMARTS) is 1. The lowest BCUT2D eigenvalue weighted by Crippen LogP contribution is -2.43. The number of cyclic esters (lactones) is 1. The highest BCUT2D eigenvalue weighted by molar-refractivity contribution is 6.77. The Kier molecular flexibility index (Phi) is 5.51. The van der Waals surface area contributed by atoms with Gasteiger partial charge >= 0.3 is 12.2 Å². The second-order valence-corrected chi connectivity index (χ2v) is 13.5. The quantitative estimate of drug-likeness (QED) is 0.739. The molecule has 7 nitrogen and oxygen atoms in total. The van der Waals surface area contributed by atoms with Gasteiger partial charge in [-0.3, -0.25) is 4.90 Å². The van der Waals surface area contributed by atoms with Gasteiger partial charge in [0.05, 0.1) is 26.3 Å². The van der Waals surface area contributed by atoms with E-state index in [2.05, 4.69) is 18.4 Å². The average molecular weight is 413 g/mol. The molecule has 1 aromatic rings. The van der Waals surface area contributed by atoms with E-state index >= 15 is 0 Å². The topological polar surface area (TPSA) is 82.1 Å². The fourth-order valence-corrected chi connectivity index (χ4v) is 5.59. The molecule has 2 aliphatic rings. The Hall–Kier alpha value is -2.36. The summed E-state index contributed by atoms with van der Waals surface area (Å²) in [5.41, 5.74) is -0.00114. The number of carbonyl (C=O) groups excluding carboxylic acids is 1. The number of halogens is 2. The minimum Gasteiger partial charge on any atom is -0.465 e. The molecule has 28 heavy (non-hydrogen) atoms. The maximum absolute atomic E-state index is 14.8. The summed E-state index contributed by atoms with van der Waals surface area (Å²) in [5, 5.41) is 11.0. The van der Waals surface area contributed by atoms with Crippen LogP contribution in [0.1, 0.15) is 6.92 Å². The van der Waals surface area contributed by atoms with Gasteiger partial charge in [0.2, 0.25) is 0 Å². The summed E-state index contributed by atoms with van der Waals surface area (Å²) in [6.07, 6.45) is -2.75. The zero-order valence-electron chi connectivity index (χ0n) is 16.2. The molecule has 0 aliphatic carbocycles. The van der Waals surface area contributed by atoms with Crippen molar-refractivity contribution in [1.82, 2.24) is 5.32 Å². The standard InChI is InChI=1S/C18H25F2N3O4Si/c1-11(21-17(24)25)15-10-23(18(26)27-15)12-8-13(19)16(14(20)9-12)22-4-6-28(2,3)7-5-22/h8-9,11,15,21H,4-7,10H2,1-3H3,(H,24,25). The molecule has 2 saturated heterocycles. The Bertz CT molecular complexity index is 759. The van der Waals surface area contributed by atoms with Gasteiger partial charge in [-0.1, -0.05) is 13.1 Å². The molecule has 2 aliphatic heterocycles.